The van der Waals surface area contributed by atoms with Gasteiger partial charge in [-0.3, -0.25) is 9.36 Å². The molecule has 3 unspecified atom stereocenters. The molecule has 2 aliphatic heterocycles. The lowest BCUT2D eigenvalue weighted by atomic mass is 9.73. The molecule has 3 heterocycles. The zero-order valence-corrected chi connectivity index (χ0v) is 16.1. The first-order valence-electron chi connectivity index (χ1n) is 10.2. The van der Waals surface area contributed by atoms with Gasteiger partial charge in [0.15, 0.2) is 0 Å². The average Bonchev–Trinajstić information content (AvgIpc) is 3.34. The second-order valence-electron chi connectivity index (χ2n) is 8.07. The highest BCUT2D eigenvalue weighted by molar-refractivity contribution is 5.50. The highest BCUT2D eigenvalue weighted by Gasteiger charge is 2.40. The van der Waals surface area contributed by atoms with Gasteiger partial charge in [-0.2, -0.15) is 0 Å². The first kappa shape index (κ1) is 17.6. The summed E-state index contributed by atoms with van der Waals surface area (Å²) in [5.74, 6) is 1.97. The molecule has 1 fully saturated rings. The Bertz CT molecular complexity index is 1030. The minimum atomic E-state index is -0.298. The van der Waals surface area contributed by atoms with E-state index in [0.29, 0.717) is 37.0 Å². The molecule has 1 saturated heterocycles. The summed E-state index contributed by atoms with van der Waals surface area (Å²) < 4.78 is 6.93. The van der Waals surface area contributed by atoms with E-state index in [4.69, 9.17) is 4.74 Å². The van der Waals surface area contributed by atoms with Gasteiger partial charge in [0.05, 0.1) is 12.8 Å². The van der Waals surface area contributed by atoms with Crippen LogP contribution in [0.15, 0.2) is 27.8 Å². The van der Waals surface area contributed by atoms with Gasteiger partial charge in [-0.15, -0.1) is 0 Å². The lowest BCUT2D eigenvalue weighted by molar-refractivity contribution is 0.370. The molecule has 1 aliphatic carbocycles. The molecule has 3 atom stereocenters. The monoisotopic (exact) mass is 382 g/mol. The number of H-pyrrole nitrogens is 1. The normalized spacial score (nSPS) is 25.0. The Balaban J connectivity index is 1.42. The van der Waals surface area contributed by atoms with Gasteiger partial charge in [-0.25, -0.2) is 4.79 Å². The number of rotatable bonds is 4. The summed E-state index contributed by atoms with van der Waals surface area (Å²) in [6.07, 6.45) is 3.64. The Morgan fingerprint density at radius 1 is 1.25 bits per heavy atom. The third kappa shape index (κ3) is 2.68. The molecule has 0 saturated carbocycles. The number of benzene rings is 1. The molecule has 3 N–H and O–H groups in total. The minimum absolute atomic E-state index is 0.198. The van der Waals surface area contributed by atoms with Crippen LogP contribution in [0.25, 0.3) is 0 Å². The average molecular weight is 382 g/mol. The zero-order chi connectivity index (χ0) is 19.3. The van der Waals surface area contributed by atoms with Gasteiger partial charge < -0.3 is 20.4 Å². The van der Waals surface area contributed by atoms with E-state index in [1.807, 2.05) is 6.07 Å². The van der Waals surface area contributed by atoms with Crippen LogP contribution in [0.4, 0.5) is 5.69 Å². The van der Waals surface area contributed by atoms with Crippen molar-refractivity contribution >= 4 is 5.69 Å². The number of anilines is 1. The van der Waals surface area contributed by atoms with Crippen molar-refractivity contribution in [3.63, 3.8) is 0 Å². The van der Waals surface area contributed by atoms with Crippen molar-refractivity contribution in [3.05, 3.63) is 55.9 Å². The molecule has 1 aromatic carbocycles. The summed E-state index contributed by atoms with van der Waals surface area (Å²) in [6.45, 7) is 2.11. The molecule has 7 heteroatoms. The Labute approximate surface area is 163 Å². The van der Waals surface area contributed by atoms with Crippen LogP contribution < -0.4 is 26.6 Å². The van der Waals surface area contributed by atoms with Crippen LogP contribution in [0.1, 0.15) is 35.6 Å². The second kappa shape index (κ2) is 6.81. The second-order valence-corrected chi connectivity index (χ2v) is 8.07. The van der Waals surface area contributed by atoms with Gasteiger partial charge in [0.25, 0.3) is 5.56 Å². The van der Waals surface area contributed by atoms with Gasteiger partial charge in [0, 0.05) is 31.5 Å². The number of hydrogen-bond donors (Lipinski definition) is 3. The topological polar surface area (TPSA) is 88.2 Å². The molecule has 2 aromatic rings. The predicted octanol–water partition coefficient (Wildman–Crippen LogP) is 1.22. The molecular weight excluding hydrogens is 356 g/mol. The molecule has 7 nitrogen and oxygen atoms in total. The molecule has 148 valence electrons. The van der Waals surface area contributed by atoms with Crippen LogP contribution in [-0.4, -0.2) is 35.8 Å². The molecule has 28 heavy (non-hydrogen) atoms. The minimum Gasteiger partial charge on any atom is -0.496 e. The smallest absolute Gasteiger partial charge is 0.328 e. The fourth-order valence-electron chi connectivity index (χ4n) is 5.37. The van der Waals surface area contributed by atoms with Crippen LogP contribution >= 0.6 is 0 Å². The van der Waals surface area contributed by atoms with E-state index in [-0.39, 0.29) is 17.3 Å². The summed E-state index contributed by atoms with van der Waals surface area (Å²) in [6, 6.07) is 6.57. The number of nitrogens with zero attached hydrogens (tertiary/aromatic N) is 1. The Kier molecular flexibility index (Phi) is 4.27. The Morgan fingerprint density at radius 2 is 2.14 bits per heavy atom. The lowest BCUT2D eigenvalue weighted by Crippen LogP contribution is -2.39. The van der Waals surface area contributed by atoms with Crippen molar-refractivity contribution in [3.8, 4) is 5.75 Å². The number of fused-ring (bicyclic) bond motifs is 4. The Hall–Kier alpha value is -2.54. The van der Waals surface area contributed by atoms with E-state index >= 15 is 0 Å². The van der Waals surface area contributed by atoms with Crippen LogP contribution in [0.2, 0.25) is 0 Å². The van der Waals surface area contributed by atoms with Crippen molar-refractivity contribution in [2.75, 3.05) is 25.5 Å². The summed E-state index contributed by atoms with van der Waals surface area (Å²) in [5, 5.41) is 6.76. The van der Waals surface area contributed by atoms with Gasteiger partial charge in [0.2, 0.25) is 0 Å². The van der Waals surface area contributed by atoms with Crippen LogP contribution in [0.3, 0.4) is 0 Å². The number of nitrogens with one attached hydrogen (secondary N) is 3. The van der Waals surface area contributed by atoms with Gasteiger partial charge in [-0.05, 0) is 48.9 Å². The zero-order valence-electron chi connectivity index (χ0n) is 16.1. The maximum atomic E-state index is 12.7. The summed E-state index contributed by atoms with van der Waals surface area (Å²) >= 11 is 0. The highest BCUT2D eigenvalue weighted by atomic mass is 16.5. The number of aromatic nitrogens is 2. The summed E-state index contributed by atoms with van der Waals surface area (Å²) in [7, 11) is 1.73. The predicted molar refractivity (Wildman–Crippen MR) is 107 cm³/mol. The van der Waals surface area contributed by atoms with Crippen molar-refractivity contribution in [1.29, 1.82) is 0 Å². The molecule has 3 aliphatic rings. The number of hydrogen-bond acceptors (Lipinski definition) is 5. The molecule has 0 radical (unpaired) electrons. The summed E-state index contributed by atoms with van der Waals surface area (Å²) in [5.41, 5.74) is 3.48. The van der Waals surface area contributed by atoms with Gasteiger partial charge in [0.1, 0.15) is 11.4 Å². The van der Waals surface area contributed by atoms with Crippen LogP contribution in [-0.2, 0) is 19.4 Å². The van der Waals surface area contributed by atoms with E-state index in [9.17, 15) is 9.59 Å². The van der Waals surface area contributed by atoms with Crippen molar-refractivity contribution in [1.82, 2.24) is 14.9 Å². The Morgan fingerprint density at radius 3 is 3.00 bits per heavy atom. The number of methoxy groups -OCH3 is 1. The maximum absolute atomic E-state index is 12.7. The van der Waals surface area contributed by atoms with Crippen LogP contribution in [0.5, 0.6) is 5.75 Å². The quantitative estimate of drug-likeness (QED) is 0.740. The molecule has 1 aromatic heterocycles. The number of ether oxygens (including phenoxy) is 1. The standard InChI is InChI=1S/C21H26N4O3/c1-28-17-4-2-3-14-13(17)6-5-12-11-23-15(18(12)14)8-10-25-20(26)19-16(7-9-22-19)24-21(25)27/h2-4,12,15,18,22-23H,5-11H2,1H3,(H,24,27). The molecular formula is C21H26N4O3. The van der Waals surface area contributed by atoms with Crippen molar-refractivity contribution in [2.24, 2.45) is 5.92 Å². The fourth-order valence-corrected chi connectivity index (χ4v) is 5.37. The SMILES string of the molecule is COc1cccc2c1CCC1CNC(CCn3c(=O)[nH]c4c(c3=O)NCC4)C21. The molecule has 0 bridgehead atoms. The third-order valence-corrected chi connectivity index (χ3v) is 6.70. The van der Waals surface area contributed by atoms with E-state index in [0.717, 1.165) is 37.3 Å². The van der Waals surface area contributed by atoms with E-state index in [2.05, 4.69) is 27.8 Å². The first-order chi connectivity index (χ1) is 13.7. The van der Waals surface area contributed by atoms with E-state index < -0.39 is 0 Å². The lowest BCUT2D eigenvalue weighted by Gasteiger charge is -2.32. The number of aromatic amines is 1. The highest BCUT2D eigenvalue weighted by Crippen LogP contribution is 2.45. The first-order valence-corrected chi connectivity index (χ1v) is 10.2. The van der Waals surface area contributed by atoms with Crippen molar-refractivity contribution in [2.45, 2.75) is 44.2 Å². The molecule has 0 spiro atoms. The fraction of sp³-hybridized carbons (Fsp3) is 0.524. The van der Waals surface area contributed by atoms with E-state index in [1.165, 1.54) is 15.7 Å². The maximum Gasteiger partial charge on any atom is 0.328 e. The van der Waals surface area contributed by atoms with Gasteiger partial charge >= 0.3 is 5.69 Å². The largest absolute Gasteiger partial charge is 0.496 e. The molecule has 0 amide bonds. The third-order valence-electron chi connectivity index (χ3n) is 6.70. The van der Waals surface area contributed by atoms with Crippen LogP contribution in [0, 0.1) is 5.92 Å². The summed E-state index contributed by atoms with van der Waals surface area (Å²) in [4.78, 5) is 28.0. The van der Waals surface area contributed by atoms with Gasteiger partial charge in [-0.1, -0.05) is 12.1 Å². The molecule has 5 rings (SSSR count). The van der Waals surface area contributed by atoms with E-state index in [1.54, 1.807) is 7.11 Å². The van der Waals surface area contributed by atoms with Crippen molar-refractivity contribution < 1.29 is 4.74 Å².